The van der Waals surface area contributed by atoms with Gasteiger partial charge in [0.05, 0.1) is 11.6 Å². The molecule has 0 radical (unpaired) electrons. The average Bonchev–Trinajstić information content (AvgIpc) is 2.94. The third-order valence-corrected chi connectivity index (χ3v) is 3.49. The summed E-state index contributed by atoms with van der Waals surface area (Å²) in [6.45, 7) is 2.63. The van der Waals surface area contributed by atoms with E-state index in [0.29, 0.717) is 18.2 Å². The largest absolute Gasteiger partial charge is 0.351 e. The van der Waals surface area contributed by atoms with Crippen LogP contribution in [0.15, 0.2) is 24.3 Å². The van der Waals surface area contributed by atoms with E-state index in [1.165, 1.54) is 0 Å². The first-order chi connectivity index (χ1) is 9.72. The van der Waals surface area contributed by atoms with E-state index < -0.39 is 0 Å². The van der Waals surface area contributed by atoms with E-state index in [1.54, 1.807) is 12.1 Å². The first-order valence-corrected chi connectivity index (χ1v) is 7.00. The van der Waals surface area contributed by atoms with Crippen molar-refractivity contribution in [2.45, 2.75) is 44.8 Å². The van der Waals surface area contributed by atoms with Gasteiger partial charge >= 0.3 is 0 Å². The maximum absolute atomic E-state index is 12.0. The lowest BCUT2D eigenvalue weighted by molar-refractivity contribution is -0.123. The quantitative estimate of drug-likeness (QED) is 0.753. The predicted molar refractivity (Wildman–Crippen MR) is 76.4 cm³/mol. The molecule has 1 saturated heterocycles. The molecule has 106 valence electrons. The number of hydrazine groups is 1. The molecule has 0 saturated carbocycles. The first-order valence-electron chi connectivity index (χ1n) is 7.00. The average molecular weight is 272 g/mol. The zero-order valence-corrected chi connectivity index (χ0v) is 11.6. The fourth-order valence-electron chi connectivity index (χ4n) is 2.34. The van der Waals surface area contributed by atoms with Crippen LogP contribution >= 0.6 is 0 Å². The van der Waals surface area contributed by atoms with Crippen LogP contribution in [0, 0.1) is 11.3 Å². The minimum atomic E-state index is -0.162. The van der Waals surface area contributed by atoms with Crippen molar-refractivity contribution in [1.29, 1.82) is 5.26 Å². The number of carbonyl (C=O) groups excluding carboxylic acids is 1. The summed E-state index contributed by atoms with van der Waals surface area (Å²) in [6, 6.07) is 9.53. The van der Waals surface area contributed by atoms with Crippen LogP contribution in [0.5, 0.6) is 0 Å². The summed E-state index contributed by atoms with van der Waals surface area (Å²) in [7, 11) is 0. The third-order valence-electron chi connectivity index (χ3n) is 3.49. The second-order valence-electron chi connectivity index (χ2n) is 5.09. The van der Waals surface area contributed by atoms with Crippen molar-refractivity contribution in [3.05, 3.63) is 35.4 Å². The highest BCUT2D eigenvalue weighted by atomic mass is 16.2. The summed E-state index contributed by atoms with van der Waals surface area (Å²) in [5.74, 6) is 0.0143. The molecule has 0 bridgehead atoms. The van der Waals surface area contributed by atoms with Crippen molar-refractivity contribution >= 4 is 5.91 Å². The lowest BCUT2D eigenvalue weighted by atomic mass is 10.1. The third kappa shape index (κ3) is 3.80. The number of nitrogens with one attached hydrogen (secondary N) is 3. The standard InChI is InChI=1S/C15H20N4O/c1-2-3-13-8-14(19-18-13)15(20)17-10-12-6-4-11(9-16)5-7-12/h4-7,13-14,18-19H,2-3,8,10H2,1H3,(H,17,20). The molecule has 0 aliphatic carbocycles. The van der Waals surface area contributed by atoms with Gasteiger partial charge in [0.25, 0.3) is 0 Å². The normalized spacial score (nSPS) is 21.4. The Hall–Kier alpha value is -1.90. The Kier molecular flexibility index (Phi) is 5.10. The van der Waals surface area contributed by atoms with Crippen molar-refractivity contribution in [3.63, 3.8) is 0 Å². The highest BCUT2D eigenvalue weighted by molar-refractivity contribution is 5.82. The fourth-order valence-corrected chi connectivity index (χ4v) is 2.34. The maximum Gasteiger partial charge on any atom is 0.238 e. The van der Waals surface area contributed by atoms with Crippen LogP contribution in [0.2, 0.25) is 0 Å². The molecular weight excluding hydrogens is 252 g/mol. The van der Waals surface area contributed by atoms with E-state index in [9.17, 15) is 4.79 Å². The molecule has 1 heterocycles. The van der Waals surface area contributed by atoms with Gasteiger partial charge in [0.2, 0.25) is 5.91 Å². The van der Waals surface area contributed by atoms with Crippen molar-refractivity contribution in [2.75, 3.05) is 0 Å². The Morgan fingerprint density at radius 3 is 2.80 bits per heavy atom. The van der Waals surface area contributed by atoms with E-state index >= 15 is 0 Å². The van der Waals surface area contributed by atoms with E-state index in [4.69, 9.17) is 5.26 Å². The number of nitriles is 1. The summed E-state index contributed by atoms with van der Waals surface area (Å²) >= 11 is 0. The number of hydrogen-bond acceptors (Lipinski definition) is 4. The monoisotopic (exact) mass is 272 g/mol. The summed E-state index contributed by atoms with van der Waals surface area (Å²) in [5.41, 5.74) is 7.82. The number of hydrogen-bond donors (Lipinski definition) is 3. The van der Waals surface area contributed by atoms with Crippen LogP contribution in [0.4, 0.5) is 0 Å². The molecule has 1 aliphatic rings. The Morgan fingerprint density at radius 1 is 1.40 bits per heavy atom. The van der Waals surface area contributed by atoms with E-state index in [0.717, 1.165) is 24.8 Å². The Labute approximate surface area is 119 Å². The van der Waals surface area contributed by atoms with E-state index in [1.807, 2.05) is 12.1 Å². The van der Waals surface area contributed by atoms with Crippen molar-refractivity contribution in [2.24, 2.45) is 0 Å². The van der Waals surface area contributed by atoms with Crippen LogP contribution in [0.25, 0.3) is 0 Å². The molecule has 1 amide bonds. The smallest absolute Gasteiger partial charge is 0.238 e. The van der Waals surface area contributed by atoms with Crippen molar-refractivity contribution in [1.82, 2.24) is 16.2 Å². The molecule has 0 spiro atoms. The van der Waals surface area contributed by atoms with Gasteiger partial charge in [-0.15, -0.1) is 0 Å². The molecule has 1 aromatic carbocycles. The van der Waals surface area contributed by atoms with Gasteiger partial charge in [0.15, 0.2) is 0 Å². The summed E-state index contributed by atoms with van der Waals surface area (Å²) in [5, 5.41) is 11.6. The molecule has 1 aliphatic heterocycles. The summed E-state index contributed by atoms with van der Waals surface area (Å²) in [4.78, 5) is 12.0. The molecule has 20 heavy (non-hydrogen) atoms. The van der Waals surface area contributed by atoms with Crippen LogP contribution in [0.3, 0.4) is 0 Å². The first kappa shape index (κ1) is 14.5. The lowest BCUT2D eigenvalue weighted by Gasteiger charge is -2.10. The topological polar surface area (TPSA) is 77.0 Å². The number of benzene rings is 1. The highest BCUT2D eigenvalue weighted by Gasteiger charge is 2.28. The fraction of sp³-hybridized carbons (Fsp3) is 0.467. The number of rotatable bonds is 5. The molecule has 2 atom stereocenters. The lowest BCUT2D eigenvalue weighted by Crippen LogP contribution is -2.43. The maximum atomic E-state index is 12.0. The molecule has 5 nitrogen and oxygen atoms in total. The second kappa shape index (κ2) is 7.04. The molecule has 0 aromatic heterocycles. The van der Waals surface area contributed by atoms with E-state index in [-0.39, 0.29) is 11.9 Å². The minimum absolute atomic E-state index is 0.0143. The molecule has 1 fully saturated rings. The number of carbonyl (C=O) groups is 1. The highest BCUT2D eigenvalue weighted by Crippen LogP contribution is 2.10. The van der Waals surface area contributed by atoms with Gasteiger partial charge in [-0.3, -0.25) is 10.2 Å². The Morgan fingerprint density at radius 2 is 2.15 bits per heavy atom. The van der Waals surface area contributed by atoms with Crippen LogP contribution < -0.4 is 16.2 Å². The molecular formula is C15H20N4O. The van der Waals surface area contributed by atoms with Gasteiger partial charge in [-0.1, -0.05) is 25.5 Å². The van der Waals surface area contributed by atoms with Gasteiger partial charge in [-0.25, -0.2) is 5.43 Å². The molecule has 2 unspecified atom stereocenters. The van der Waals surface area contributed by atoms with Gasteiger partial charge in [-0.05, 0) is 30.5 Å². The van der Waals surface area contributed by atoms with Crippen LogP contribution in [0.1, 0.15) is 37.3 Å². The second-order valence-corrected chi connectivity index (χ2v) is 5.09. The zero-order chi connectivity index (χ0) is 14.4. The SMILES string of the molecule is CCCC1CC(C(=O)NCc2ccc(C#N)cc2)NN1. The van der Waals surface area contributed by atoms with Crippen molar-refractivity contribution < 1.29 is 4.79 Å². The summed E-state index contributed by atoms with van der Waals surface area (Å²) in [6.07, 6.45) is 3.01. The zero-order valence-electron chi connectivity index (χ0n) is 11.6. The molecule has 5 heteroatoms. The van der Waals surface area contributed by atoms with E-state index in [2.05, 4.69) is 29.2 Å². The van der Waals surface area contributed by atoms with Crippen molar-refractivity contribution in [3.8, 4) is 6.07 Å². The van der Waals surface area contributed by atoms with Gasteiger partial charge in [-0.2, -0.15) is 5.26 Å². The van der Waals surface area contributed by atoms with Gasteiger partial charge < -0.3 is 5.32 Å². The predicted octanol–water partition coefficient (Wildman–Crippen LogP) is 1.21. The van der Waals surface area contributed by atoms with Gasteiger partial charge in [0.1, 0.15) is 6.04 Å². The molecule has 3 N–H and O–H groups in total. The van der Waals surface area contributed by atoms with Gasteiger partial charge in [0, 0.05) is 12.6 Å². The number of nitrogens with zero attached hydrogens (tertiary/aromatic N) is 1. The Balaban J connectivity index is 1.79. The van der Waals surface area contributed by atoms with Crippen LogP contribution in [-0.4, -0.2) is 18.0 Å². The number of amides is 1. The van der Waals surface area contributed by atoms with Crippen LogP contribution in [-0.2, 0) is 11.3 Å². The Bertz CT molecular complexity index is 492. The minimum Gasteiger partial charge on any atom is -0.351 e. The summed E-state index contributed by atoms with van der Waals surface area (Å²) < 4.78 is 0. The molecule has 1 aromatic rings. The molecule has 2 rings (SSSR count).